The Kier molecular flexibility index (Phi) is 6.47. The van der Waals surface area contributed by atoms with E-state index in [9.17, 15) is 14.4 Å². The minimum absolute atomic E-state index is 0.137. The van der Waals surface area contributed by atoms with Crippen LogP contribution in [0.4, 0.5) is 4.79 Å². The molecule has 0 heterocycles. The number of carbonyl (C=O) groups excluding carboxylic acids is 3. The monoisotopic (exact) mass is 340 g/mol. The van der Waals surface area contributed by atoms with Gasteiger partial charge in [-0.2, -0.15) is 0 Å². The number of esters is 1. The van der Waals surface area contributed by atoms with Crippen molar-refractivity contribution in [3.63, 3.8) is 0 Å². The predicted octanol–water partition coefficient (Wildman–Crippen LogP) is 3.37. The maximum Gasteiger partial charge on any atom is 0.513 e. The van der Waals surface area contributed by atoms with Gasteiger partial charge in [0.1, 0.15) is 13.2 Å². The molecule has 2 aromatic rings. The van der Waals surface area contributed by atoms with Crippen molar-refractivity contribution in [2.75, 3.05) is 13.2 Å². The lowest BCUT2D eigenvalue weighted by atomic mass is 10.0. The maximum atomic E-state index is 12.4. The minimum Gasteiger partial charge on any atom is -0.458 e. The number of rotatable bonds is 7. The van der Waals surface area contributed by atoms with Crippen LogP contribution in [0.2, 0.25) is 0 Å². The van der Waals surface area contributed by atoms with Gasteiger partial charge >= 0.3 is 12.1 Å². The van der Waals surface area contributed by atoms with E-state index in [1.807, 2.05) is 6.07 Å². The van der Waals surface area contributed by atoms with E-state index in [0.29, 0.717) is 11.1 Å². The average Bonchev–Trinajstić information content (AvgIpc) is 2.65. The third-order valence-corrected chi connectivity index (χ3v) is 3.11. The summed E-state index contributed by atoms with van der Waals surface area (Å²) in [6.07, 6.45) is 0.00495. The van der Waals surface area contributed by atoms with Crippen LogP contribution in [0, 0.1) is 0 Å². The van der Waals surface area contributed by atoms with E-state index in [0.717, 1.165) is 6.26 Å². The zero-order valence-corrected chi connectivity index (χ0v) is 13.3. The molecule has 0 atom stereocenters. The molecule has 25 heavy (non-hydrogen) atoms. The van der Waals surface area contributed by atoms with Gasteiger partial charge in [0.05, 0.1) is 11.8 Å². The van der Waals surface area contributed by atoms with Crippen LogP contribution in [0.1, 0.15) is 26.3 Å². The molecule has 0 aliphatic rings. The van der Waals surface area contributed by atoms with Gasteiger partial charge in [-0.15, -0.1) is 0 Å². The standard InChI is InChI=1S/C19H16O6/c1-2-23-19(22)25-12-11-24-18(21)16-10-6-9-15(13-16)17(20)14-7-4-3-5-8-14/h2-10,13H,1,11-12H2. The summed E-state index contributed by atoms with van der Waals surface area (Å²) < 4.78 is 14.0. The number of carbonyl (C=O) groups is 3. The van der Waals surface area contributed by atoms with Gasteiger partial charge in [-0.3, -0.25) is 4.79 Å². The number of ketones is 1. The van der Waals surface area contributed by atoms with Crippen LogP contribution in [0.3, 0.4) is 0 Å². The molecule has 0 bridgehead atoms. The first-order chi connectivity index (χ1) is 12.1. The molecule has 0 amide bonds. The molecule has 0 aliphatic carbocycles. The van der Waals surface area contributed by atoms with Crippen LogP contribution in [0.15, 0.2) is 67.4 Å². The van der Waals surface area contributed by atoms with Gasteiger partial charge in [0.25, 0.3) is 0 Å². The molecule has 2 aromatic carbocycles. The van der Waals surface area contributed by atoms with Gasteiger partial charge in [-0.05, 0) is 12.1 Å². The average molecular weight is 340 g/mol. The molecule has 128 valence electrons. The molecule has 0 aromatic heterocycles. The summed E-state index contributed by atoms with van der Waals surface area (Å²) in [5.74, 6) is -0.811. The van der Waals surface area contributed by atoms with Crippen molar-refractivity contribution in [2.45, 2.75) is 0 Å². The Morgan fingerprint density at radius 1 is 0.840 bits per heavy atom. The molecule has 0 aliphatic heterocycles. The Balaban J connectivity index is 1.94. The first-order valence-electron chi connectivity index (χ1n) is 7.43. The SMILES string of the molecule is C=COC(=O)OCCOC(=O)c1cccc(C(=O)c2ccccc2)c1. The smallest absolute Gasteiger partial charge is 0.458 e. The fourth-order valence-corrected chi connectivity index (χ4v) is 1.99. The molecule has 2 rings (SSSR count). The number of ether oxygens (including phenoxy) is 3. The normalized spacial score (nSPS) is 9.76. The zero-order chi connectivity index (χ0) is 18.1. The fourth-order valence-electron chi connectivity index (χ4n) is 1.99. The van der Waals surface area contributed by atoms with Crippen molar-refractivity contribution in [3.8, 4) is 0 Å². The van der Waals surface area contributed by atoms with Gasteiger partial charge < -0.3 is 14.2 Å². The van der Waals surface area contributed by atoms with Crippen LogP contribution in [0.25, 0.3) is 0 Å². The molecule has 0 saturated heterocycles. The van der Waals surface area contributed by atoms with Crippen molar-refractivity contribution in [2.24, 2.45) is 0 Å². The lowest BCUT2D eigenvalue weighted by molar-refractivity contribution is 0.0317. The van der Waals surface area contributed by atoms with Crippen LogP contribution < -0.4 is 0 Å². The Labute approximate surface area is 144 Å². The van der Waals surface area contributed by atoms with Gasteiger partial charge in [-0.25, -0.2) is 9.59 Å². The van der Waals surface area contributed by atoms with E-state index in [2.05, 4.69) is 16.1 Å². The largest absolute Gasteiger partial charge is 0.513 e. The molecule has 6 nitrogen and oxygen atoms in total. The summed E-state index contributed by atoms with van der Waals surface area (Å²) in [6.45, 7) is 2.92. The van der Waals surface area contributed by atoms with Gasteiger partial charge in [-0.1, -0.05) is 49.0 Å². The van der Waals surface area contributed by atoms with Gasteiger partial charge in [0.15, 0.2) is 5.78 Å². The molecule has 6 heteroatoms. The second-order valence-electron chi connectivity index (χ2n) is 4.79. The lowest BCUT2D eigenvalue weighted by Gasteiger charge is -2.07. The topological polar surface area (TPSA) is 78.9 Å². The highest BCUT2D eigenvalue weighted by Crippen LogP contribution is 2.12. The number of benzene rings is 2. The van der Waals surface area contributed by atoms with E-state index >= 15 is 0 Å². The van der Waals surface area contributed by atoms with E-state index in [-0.39, 0.29) is 24.6 Å². The summed E-state index contributed by atoms with van der Waals surface area (Å²) in [4.78, 5) is 35.3. The summed E-state index contributed by atoms with van der Waals surface area (Å²) in [6, 6.07) is 15.0. The van der Waals surface area contributed by atoms with E-state index < -0.39 is 12.1 Å². The molecule has 0 N–H and O–H groups in total. The molecule has 0 unspecified atom stereocenters. The van der Waals surface area contributed by atoms with Crippen LogP contribution >= 0.6 is 0 Å². The molecule has 0 fully saturated rings. The third kappa shape index (κ3) is 5.31. The van der Waals surface area contributed by atoms with Crippen molar-refractivity contribution in [1.29, 1.82) is 0 Å². The first-order valence-corrected chi connectivity index (χ1v) is 7.43. The highest BCUT2D eigenvalue weighted by atomic mass is 16.7. The highest BCUT2D eigenvalue weighted by molar-refractivity contribution is 6.09. The Morgan fingerprint density at radius 3 is 2.20 bits per heavy atom. The van der Waals surface area contributed by atoms with E-state index in [4.69, 9.17) is 4.74 Å². The summed E-state index contributed by atoms with van der Waals surface area (Å²) >= 11 is 0. The molecular weight excluding hydrogens is 324 g/mol. The summed E-state index contributed by atoms with van der Waals surface area (Å²) in [5, 5.41) is 0. The Morgan fingerprint density at radius 2 is 1.48 bits per heavy atom. The molecular formula is C19H16O6. The Bertz CT molecular complexity index is 766. The summed E-state index contributed by atoms with van der Waals surface area (Å²) in [7, 11) is 0. The second-order valence-corrected chi connectivity index (χ2v) is 4.79. The quantitative estimate of drug-likeness (QED) is 0.333. The minimum atomic E-state index is -0.929. The van der Waals surface area contributed by atoms with Crippen LogP contribution in [-0.4, -0.2) is 31.1 Å². The van der Waals surface area contributed by atoms with Crippen LogP contribution in [-0.2, 0) is 14.2 Å². The zero-order valence-electron chi connectivity index (χ0n) is 13.3. The van der Waals surface area contributed by atoms with E-state index in [1.54, 1.807) is 36.4 Å². The Hall–Kier alpha value is -3.41. The first kappa shape index (κ1) is 17.9. The van der Waals surface area contributed by atoms with Crippen molar-refractivity contribution < 1.29 is 28.6 Å². The van der Waals surface area contributed by atoms with Gasteiger partial charge in [0, 0.05) is 11.1 Å². The highest BCUT2D eigenvalue weighted by Gasteiger charge is 2.13. The molecule has 0 spiro atoms. The number of hydrogen-bond donors (Lipinski definition) is 0. The third-order valence-electron chi connectivity index (χ3n) is 3.11. The summed E-state index contributed by atoms with van der Waals surface area (Å²) in [5.41, 5.74) is 1.14. The van der Waals surface area contributed by atoms with Crippen molar-refractivity contribution in [3.05, 3.63) is 84.1 Å². The number of hydrogen-bond acceptors (Lipinski definition) is 6. The van der Waals surface area contributed by atoms with Crippen molar-refractivity contribution >= 4 is 17.9 Å². The predicted molar refractivity (Wildman–Crippen MR) is 89.2 cm³/mol. The second kappa shape index (κ2) is 9.02. The van der Waals surface area contributed by atoms with Crippen molar-refractivity contribution in [1.82, 2.24) is 0 Å². The maximum absolute atomic E-state index is 12.4. The molecule has 0 saturated carbocycles. The van der Waals surface area contributed by atoms with Crippen LogP contribution in [0.5, 0.6) is 0 Å². The van der Waals surface area contributed by atoms with Gasteiger partial charge in [0.2, 0.25) is 0 Å². The van der Waals surface area contributed by atoms with E-state index in [1.165, 1.54) is 12.1 Å². The lowest BCUT2D eigenvalue weighted by Crippen LogP contribution is -2.14. The fraction of sp³-hybridized carbons (Fsp3) is 0.105. The molecule has 0 radical (unpaired) electrons.